The first-order valence-corrected chi connectivity index (χ1v) is 20.3. The Hall–Kier alpha value is -5.08. The average Bonchev–Trinajstić information content (AvgIpc) is 3.63. The smallest absolute Gasteiger partial charge is 0.118 e. The summed E-state index contributed by atoms with van der Waals surface area (Å²) in [6, 6.07) is 46.2. The van der Waals surface area contributed by atoms with Crippen molar-refractivity contribution in [3.05, 3.63) is 144 Å². The quantitative estimate of drug-likeness (QED) is 0.119. The third-order valence-electron chi connectivity index (χ3n) is 12.6. The molecule has 6 aromatic carbocycles. The van der Waals surface area contributed by atoms with Crippen LogP contribution in [0.1, 0.15) is 101 Å². The van der Waals surface area contributed by atoms with Gasteiger partial charge in [-0.1, -0.05) is 126 Å². The van der Waals surface area contributed by atoms with Gasteiger partial charge in [0.15, 0.2) is 0 Å². The van der Waals surface area contributed by atoms with Gasteiger partial charge >= 0.3 is 0 Å². The fourth-order valence-corrected chi connectivity index (χ4v) is 10.3. The summed E-state index contributed by atoms with van der Waals surface area (Å²) < 4.78 is 10.9. The molecule has 2 aliphatic carbocycles. The van der Waals surface area contributed by atoms with Gasteiger partial charge in [-0.15, -0.1) is 0 Å². The highest BCUT2D eigenvalue weighted by Gasteiger charge is 2.44. The van der Waals surface area contributed by atoms with Gasteiger partial charge in [0, 0.05) is 10.8 Å². The molecule has 2 nitrogen and oxygen atoms in total. The molecule has 8 rings (SSSR count). The van der Waals surface area contributed by atoms with Gasteiger partial charge in [0.05, 0.1) is 14.2 Å². The van der Waals surface area contributed by atoms with E-state index in [1.165, 1.54) is 77.9 Å². The minimum absolute atomic E-state index is 0.00828. The van der Waals surface area contributed by atoms with E-state index in [2.05, 4.69) is 149 Å². The minimum Gasteiger partial charge on any atom is -0.497 e. The van der Waals surface area contributed by atoms with E-state index in [4.69, 9.17) is 9.47 Å². The Balaban J connectivity index is 1.23. The third kappa shape index (κ3) is 5.77. The molecule has 0 heterocycles. The fourth-order valence-electron chi connectivity index (χ4n) is 10.3. The first kappa shape index (κ1) is 35.9. The molecular weight excluding hydrogens is 657 g/mol. The summed E-state index contributed by atoms with van der Waals surface area (Å²) >= 11 is 0. The summed E-state index contributed by atoms with van der Waals surface area (Å²) in [5.74, 6) is 1.78. The van der Waals surface area contributed by atoms with Crippen molar-refractivity contribution in [2.24, 2.45) is 0 Å². The normalized spacial score (nSPS) is 14.3. The summed E-state index contributed by atoms with van der Waals surface area (Å²) in [5.41, 5.74) is 19.3. The number of rotatable bonds is 13. The zero-order valence-corrected chi connectivity index (χ0v) is 33.0. The zero-order valence-electron chi connectivity index (χ0n) is 33.0. The van der Waals surface area contributed by atoms with Crippen molar-refractivity contribution in [2.45, 2.75) is 89.9 Å². The second kappa shape index (κ2) is 14.6. The van der Waals surface area contributed by atoms with E-state index in [-0.39, 0.29) is 10.8 Å². The molecule has 0 aromatic heterocycles. The molecule has 6 aromatic rings. The lowest BCUT2D eigenvalue weighted by atomic mass is 9.70. The Labute approximate surface area is 323 Å². The van der Waals surface area contributed by atoms with Crippen molar-refractivity contribution in [1.82, 2.24) is 0 Å². The molecule has 274 valence electrons. The van der Waals surface area contributed by atoms with Gasteiger partial charge in [0.25, 0.3) is 0 Å². The molecule has 0 saturated carbocycles. The maximum absolute atomic E-state index is 5.47. The van der Waals surface area contributed by atoms with Gasteiger partial charge in [-0.25, -0.2) is 0 Å². The predicted molar refractivity (Wildman–Crippen MR) is 228 cm³/mol. The van der Waals surface area contributed by atoms with Gasteiger partial charge in [-0.3, -0.25) is 0 Å². The van der Waals surface area contributed by atoms with E-state index in [1.807, 2.05) is 0 Å². The summed E-state index contributed by atoms with van der Waals surface area (Å²) in [5, 5.41) is 0. The van der Waals surface area contributed by atoms with Crippen molar-refractivity contribution in [1.29, 1.82) is 0 Å². The number of methoxy groups -OCH3 is 2. The fraction of sp³-hybridized carbons (Fsp3) is 0.308. The van der Waals surface area contributed by atoms with Crippen LogP contribution in [0.2, 0.25) is 0 Å². The Bertz CT molecular complexity index is 2120. The van der Waals surface area contributed by atoms with Crippen LogP contribution >= 0.6 is 0 Å². The van der Waals surface area contributed by atoms with Crippen molar-refractivity contribution >= 4 is 0 Å². The molecule has 2 aliphatic rings. The number of ether oxygens (including phenoxy) is 2. The van der Waals surface area contributed by atoms with E-state index in [9.17, 15) is 0 Å². The highest BCUT2D eigenvalue weighted by atomic mass is 16.5. The van der Waals surface area contributed by atoms with E-state index >= 15 is 0 Å². The number of hydrogen-bond donors (Lipinski definition) is 0. The molecule has 0 bridgehead atoms. The predicted octanol–water partition coefficient (Wildman–Crippen LogP) is 14.4. The summed E-state index contributed by atoms with van der Waals surface area (Å²) in [4.78, 5) is 0. The molecule has 2 heteroatoms. The van der Waals surface area contributed by atoms with Crippen molar-refractivity contribution in [2.75, 3.05) is 14.2 Å². The largest absolute Gasteiger partial charge is 0.497 e. The maximum atomic E-state index is 5.47. The maximum Gasteiger partial charge on any atom is 0.118 e. The highest BCUT2D eigenvalue weighted by Crippen LogP contribution is 2.57. The molecule has 0 amide bonds. The summed E-state index contributed by atoms with van der Waals surface area (Å²) in [6.07, 6.45) is 9.13. The van der Waals surface area contributed by atoms with Gasteiger partial charge in [-0.05, 0) is 152 Å². The second-order valence-electron chi connectivity index (χ2n) is 15.7. The van der Waals surface area contributed by atoms with Crippen molar-refractivity contribution in [3.8, 4) is 67.1 Å². The first-order valence-electron chi connectivity index (χ1n) is 20.3. The van der Waals surface area contributed by atoms with Gasteiger partial charge in [-0.2, -0.15) is 0 Å². The van der Waals surface area contributed by atoms with Crippen LogP contribution in [0.15, 0.2) is 121 Å². The highest BCUT2D eigenvalue weighted by molar-refractivity contribution is 5.89. The zero-order chi connectivity index (χ0) is 37.5. The monoisotopic (exact) mass is 710 g/mol. The van der Waals surface area contributed by atoms with Crippen LogP contribution < -0.4 is 9.47 Å². The topological polar surface area (TPSA) is 18.5 Å². The third-order valence-corrected chi connectivity index (χ3v) is 12.6. The van der Waals surface area contributed by atoms with Crippen molar-refractivity contribution in [3.63, 3.8) is 0 Å². The lowest BCUT2D eigenvalue weighted by molar-refractivity contribution is 0.415. The van der Waals surface area contributed by atoms with Crippen LogP contribution in [0.4, 0.5) is 0 Å². The molecule has 0 N–H and O–H groups in total. The molecule has 0 spiro atoms. The van der Waals surface area contributed by atoms with Crippen LogP contribution in [0.3, 0.4) is 0 Å². The standard InChI is InChI=1S/C52H54O2/c1-7-27-51(28-8-2)47-31-37(35-11-19-41(53-5)20-12-35)15-23-43(47)45-25-17-39(33-49(45)51)40-18-26-46-44-24-16-38(36-13-21-42(54-6)22-14-36)32-48(44)52(29-9-3,30-10-4)50(46)34-40/h11-26,31-34H,7-10,27-30H2,1-6H3. The molecule has 54 heavy (non-hydrogen) atoms. The molecule has 0 unspecified atom stereocenters. The molecule has 0 aliphatic heterocycles. The van der Waals surface area contributed by atoms with Crippen LogP contribution in [0.5, 0.6) is 11.5 Å². The minimum atomic E-state index is -0.00828. The Kier molecular flexibility index (Phi) is 9.73. The van der Waals surface area contributed by atoms with Gasteiger partial charge in [0.1, 0.15) is 11.5 Å². The Morgan fingerprint density at radius 3 is 0.815 bits per heavy atom. The number of fused-ring (bicyclic) bond motifs is 6. The first-order chi connectivity index (χ1) is 26.4. The van der Waals surface area contributed by atoms with Crippen LogP contribution in [0, 0.1) is 0 Å². The van der Waals surface area contributed by atoms with E-state index < -0.39 is 0 Å². The van der Waals surface area contributed by atoms with Crippen LogP contribution in [-0.2, 0) is 10.8 Å². The molecule has 0 atom stereocenters. The van der Waals surface area contributed by atoms with Crippen LogP contribution in [0.25, 0.3) is 55.6 Å². The number of benzene rings is 6. The summed E-state index contributed by atoms with van der Waals surface area (Å²) in [7, 11) is 3.46. The van der Waals surface area contributed by atoms with Gasteiger partial charge in [0.2, 0.25) is 0 Å². The molecule has 0 fully saturated rings. The Morgan fingerprint density at radius 2 is 0.574 bits per heavy atom. The van der Waals surface area contributed by atoms with Crippen molar-refractivity contribution < 1.29 is 9.47 Å². The lowest BCUT2D eigenvalue weighted by Crippen LogP contribution is -2.25. The molecular formula is C52H54O2. The molecule has 0 radical (unpaired) electrons. The molecule has 0 saturated heterocycles. The SMILES string of the molecule is CCCC1(CCC)c2cc(-c3ccc(OC)cc3)ccc2-c2ccc(-c3ccc4c(c3)C(CCC)(CCC)c3cc(-c5ccc(OC)cc5)ccc3-4)cc21. The van der Waals surface area contributed by atoms with Gasteiger partial charge < -0.3 is 9.47 Å². The van der Waals surface area contributed by atoms with E-state index in [0.717, 1.165) is 62.9 Å². The summed E-state index contributed by atoms with van der Waals surface area (Å²) in [6.45, 7) is 9.41. The lowest BCUT2D eigenvalue weighted by Gasteiger charge is -2.33. The van der Waals surface area contributed by atoms with Crippen LogP contribution in [-0.4, -0.2) is 14.2 Å². The Morgan fingerprint density at radius 1 is 0.333 bits per heavy atom. The van der Waals surface area contributed by atoms with E-state index in [0.29, 0.717) is 0 Å². The van der Waals surface area contributed by atoms with E-state index in [1.54, 1.807) is 14.2 Å². The number of hydrogen-bond acceptors (Lipinski definition) is 2. The average molecular weight is 711 g/mol. The second-order valence-corrected chi connectivity index (χ2v) is 15.7.